The highest BCUT2D eigenvalue weighted by molar-refractivity contribution is 5.75. The minimum atomic E-state index is -0.0494. The van der Waals surface area contributed by atoms with Crippen LogP contribution in [-0.2, 0) is 22.6 Å². The van der Waals surface area contributed by atoms with Crippen LogP contribution in [0.25, 0.3) is 0 Å². The largest absolute Gasteiger partial charge is 0.462 e. The van der Waals surface area contributed by atoms with Crippen molar-refractivity contribution in [2.24, 2.45) is 23.2 Å². The van der Waals surface area contributed by atoms with Gasteiger partial charge in [0.1, 0.15) is 6.10 Å². The summed E-state index contributed by atoms with van der Waals surface area (Å²) < 4.78 is 6.03. The molecule has 32 heavy (non-hydrogen) atoms. The van der Waals surface area contributed by atoms with Crippen LogP contribution in [0.3, 0.4) is 0 Å². The van der Waals surface area contributed by atoms with E-state index in [2.05, 4.69) is 79.1 Å². The SMILES string of the molecule is C=C1CCCC2(C)CC3OC(=O)C(CN(Cc4ccccc4)Cc4ccccc4)C3CC12. The highest BCUT2D eigenvalue weighted by atomic mass is 16.6. The maximum Gasteiger partial charge on any atom is 0.310 e. The summed E-state index contributed by atoms with van der Waals surface area (Å²) in [6.45, 7) is 9.26. The predicted molar refractivity (Wildman–Crippen MR) is 128 cm³/mol. The van der Waals surface area contributed by atoms with Crippen molar-refractivity contribution in [3.63, 3.8) is 0 Å². The summed E-state index contributed by atoms with van der Waals surface area (Å²) in [6.07, 6.45) is 5.74. The lowest BCUT2D eigenvalue weighted by Crippen LogP contribution is -2.45. The van der Waals surface area contributed by atoms with E-state index in [0.29, 0.717) is 11.8 Å². The van der Waals surface area contributed by atoms with Crippen molar-refractivity contribution in [2.75, 3.05) is 6.54 Å². The van der Waals surface area contributed by atoms with Gasteiger partial charge in [0.25, 0.3) is 0 Å². The number of benzene rings is 2. The normalized spacial score (nSPS) is 31.8. The van der Waals surface area contributed by atoms with Crippen LogP contribution < -0.4 is 0 Å². The van der Waals surface area contributed by atoms with Crippen LogP contribution in [0.5, 0.6) is 0 Å². The average molecular weight is 430 g/mol. The molecule has 0 N–H and O–H groups in total. The van der Waals surface area contributed by atoms with E-state index >= 15 is 0 Å². The molecule has 0 bridgehead atoms. The lowest BCUT2D eigenvalue weighted by Gasteiger charge is -2.50. The van der Waals surface area contributed by atoms with Crippen molar-refractivity contribution in [1.82, 2.24) is 4.90 Å². The molecule has 3 heteroatoms. The third-order valence-electron chi connectivity index (χ3n) is 8.27. The fourth-order valence-corrected chi connectivity index (χ4v) is 6.61. The second kappa shape index (κ2) is 8.86. The number of hydrogen-bond donors (Lipinski definition) is 0. The van der Waals surface area contributed by atoms with Gasteiger partial charge in [-0.1, -0.05) is 79.7 Å². The van der Waals surface area contributed by atoms with Crippen molar-refractivity contribution in [2.45, 2.75) is 58.2 Å². The van der Waals surface area contributed by atoms with Gasteiger partial charge < -0.3 is 4.74 Å². The topological polar surface area (TPSA) is 29.5 Å². The summed E-state index contributed by atoms with van der Waals surface area (Å²) in [6, 6.07) is 21.2. The van der Waals surface area contributed by atoms with E-state index in [1.54, 1.807) is 0 Å². The average Bonchev–Trinajstić information content (AvgIpc) is 3.07. The number of carbonyl (C=O) groups is 1. The Morgan fingerprint density at radius 2 is 1.66 bits per heavy atom. The molecule has 0 aromatic heterocycles. The molecule has 0 amide bonds. The minimum absolute atomic E-state index is 0.0129. The number of fused-ring (bicyclic) bond motifs is 2. The summed E-state index contributed by atoms with van der Waals surface area (Å²) in [4.78, 5) is 15.5. The fraction of sp³-hybridized carbons (Fsp3) is 0.483. The lowest BCUT2D eigenvalue weighted by molar-refractivity contribution is -0.146. The maximum atomic E-state index is 13.1. The molecule has 2 saturated carbocycles. The first-order chi connectivity index (χ1) is 15.5. The molecule has 0 radical (unpaired) electrons. The quantitative estimate of drug-likeness (QED) is 0.416. The monoisotopic (exact) mass is 429 g/mol. The van der Waals surface area contributed by atoms with E-state index in [1.165, 1.54) is 29.5 Å². The van der Waals surface area contributed by atoms with Crippen LogP contribution >= 0.6 is 0 Å². The number of ether oxygens (including phenoxy) is 1. The van der Waals surface area contributed by atoms with E-state index in [4.69, 9.17) is 4.74 Å². The van der Waals surface area contributed by atoms with Crippen LogP contribution in [0.15, 0.2) is 72.8 Å². The van der Waals surface area contributed by atoms with Crippen molar-refractivity contribution >= 4 is 5.97 Å². The zero-order valence-corrected chi connectivity index (χ0v) is 19.2. The molecule has 2 aromatic carbocycles. The third-order valence-corrected chi connectivity index (χ3v) is 8.27. The molecule has 2 aromatic rings. The molecule has 3 fully saturated rings. The Labute approximate surface area is 192 Å². The molecule has 2 aliphatic carbocycles. The molecule has 5 atom stereocenters. The Morgan fingerprint density at radius 3 is 2.28 bits per heavy atom. The number of rotatable bonds is 6. The molecular weight excluding hydrogens is 394 g/mol. The zero-order chi connectivity index (χ0) is 22.1. The van der Waals surface area contributed by atoms with Crippen LogP contribution in [-0.4, -0.2) is 23.5 Å². The third kappa shape index (κ3) is 4.28. The number of carbonyl (C=O) groups excluding carboxylic acids is 1. The van der Waals surface area contributed by atoms with Gasteiger partial charge >= 0.3 is 5.97 Å². The first-order valence-electron chi connectivity index (χ1n) is 12.2. The Morgan fingerprint density at radius 1 is 1.03 bits per heavy atom. The van der Waals surface area contributed by atoms with E-state index in [9.17, 15) is 4.79 Å². The van der Waals surface area contributed by atoms with E-state index < -0.39 is 0 Å². The molecule has 3 nitrogen and oxygen atoms in total. The number of allylic oxidation sites excluding steroid dienone is 1. The molecule has 1 heterocycles. The highest BCUT2D eigenvalue weighted by Gasteiger charge is 2.55. The van der Waals surface area contributed by atoms with Gasteiger partial charge in [-0.15, -0.1) is 0 Å². The summed E-state index contributed by atoms with van der Waals surface area (Å²) in [5, 5.41) is 0. The fourth-order valence-electron chi connectivity index (χ4n) is 6.61. The lowest BCUT2D eigenvalue weighted by atomic mass is 9.55. The number of esters is 1. The standard InChI is InChI=1S/C29H35NO2/c1-21-10-9-15-29(2)17-27-24(16-26(21)29)25(28(31)32-27)20-30(18-22-11-5-3-6-12-22)19-23-13-7-4-8-14-23/h3-8,11-14,24-27H,1,9-10,15-20H2,2H3. The van der Waals surface area contributed by atoms with Gasteiger partial charge in [0.05, 0.1) is 5.92 Å². The smallest absolute Gasteiger partial charge is 0.310 e. The molecule has 1 saturated heterocycles. The van der Waals surface area contributed by atoms with Crippen LogP contribution in [0, 0.1) is 23.2 Å². The van der Waals surface area contributed by atoms with E-state index in [1.807, 2.05) is 0 Å². The van der Waals surface area contributed by atoms with Crippen LogP contribution in [0.1, 0.15) is 50.2 Å². The van der Waals surface area contributed by atoms with Crippen molar-refractivity contribution in [3.8, 4) is 0 Å². The molecule has 3 aliphatic rings. The predicted octanol–water partition coefficient (Wildman–Crippen LogP) is 6.00. The van der Waals surface area contributed by atoms with Gasteiger partial charge in [0, 0.05) is 25.6 Å². The molecule has 5 unspecified atom stereocenters. The summed E-state index contributed by atoms with van der Waals surface area (Å²) in [5.41, 5.74) is 4.21. The zero-order valence-electron chi connectivity index (χ0n) is 19.2. The Bertz CT molecular complexity index is 914. The van der Waals surface area contributed by atoms with Crippen molar-refractivity contribution in [1.29, 1.82) is 0 Å². The first-order valence-corrected chi connectivity index (χ1v) is 12.2. The van der Waals surface area contributed by atoms with Gasteiger partial charge in [0.2, 0.25) is 0 Å². The first kappa shape index (κ1) is 21.5. The van der Waals surface area contributed by atoms with Gasteiger partial charge in [-0.25, -0.2) is 0 Å². The maximum absolute atomic E-state index is 13.1. The highest BCUT2D eigenvalue weighted by Crippen LogP contribution is 2.57. The molecule has 0 spiro atoms. The minimum Gasteiger partial charge on any atom is -0.462 e. The Kier molecular flexibility index (Phi) is 5.94. The molecule has 5 rings (SSSR count). The Balaban J connectivity index is 1.36. The van der Waals surface area contributed by atoms with Crippen molar-refractivity contribution < 1.29 is 9.53 Å². The van der Waals surface area contributed by atoms with E-state index in [-0.39, 0.29) is 23.4 Å². The molecular formula is C29H35NO2. The van der Waals surface area contributed by atoms with Gasteiger partial charge in [0.15, 0.2) is 0 Å². The summed E-state index contributed by atoms with van der Waals surface area (Å²) >= 11 is 0. The van der Waals surface area contributed by atoms with Gasteiger partial charge in [-0.05, 0) is 54.6 Å². The van der Waals surface area contributed by atoms with Crippen LogP contribution in [0.4, 0.5) is 0 Å². The van der Waals surface area contributed by atoms with Gasteiger partial charge in [-0.2, -0.15) is 0 Å². The van der Waals surface area contributed by atoms with Crippen molar-refractivity contribution in [3.05, 3.63) is 83.9 Å². The number of hydrogen-bond acceptors (Lipinski definition) is 3. The summed E-state index contributed by atoms with van der Waals surface area (Å²) in [5.74, 6) is 0.807. The second-order valence-corrected chi connectivity index (χ2v) is 10.5. The van der Waals surface area contributed by atoms with Crippen LogP contribution in [0.2, 0.25) is 0 Å². The van der Waals surface area contributed by atoms with Gasteiger partial charge in [-0.3, -0.25) is 9.69 Å². The summed E-state index contributed by atoms with van der Waals surface area (Å²) in [7, 11) is 0. The van der Waals surface area contributed by atoms with E-state index in [0.717, 1.165) is 38.9 Å². The Hall–Kier alpha value is -2.39. The second-order valence-electron chi connectivity index (χ2n) is 10.5. The molecule has 1 aliphatic heterocycles. The number of nitrogens with zero attached hydrogens (tertiary/aromatic N) is 1. The molecule has 168 valence electrons.